The number of aromatic carboxylic acids is 1. The first kappa shape index (κ1) is 22.0. The van der Waals surface area contributed by atoms with E-state index in [2.05, 4.69) is 10.6 Å². The molecule has 32 heavy (non-hydrogen) atoms. The van der Waals surface area contributed by atoms with Crippen LogP contribution in [0.5, 0.6) is 0 Å². The zero-order valence-corrected chi connectivity index (χ0v) is 18.3. The third-order valence-electron chi connectivity index (χ3n) is 4.86. The number of carbonyl (C=O) groups is 2. The SMILES string of the molecule is NC(=O)c1ccc(N2c3cc(F)c(C(=O)O)cc3NC2Nc2c(Cl)cccc2Cl)c(Cl)c1. The number of anilines is 4. The van der Waals surface area contributed by atoms with Crippen molar-refractivity contribution in [3.8, 4) is 0 Å². The van der Waals surface area contributed by atoms with Crippen LogP contribution in [-0.4, -0.2) is 23.3 Å². The van der Waals surface area contributed by atoms with E-state index in [0.29, 0.717) is 32.8 Å². The third-order valence-corrected chi connectivity index (χ3v) is 5.79. The summed E-state index contributed by atoms with van der Waals surface area (Å²) in [5.41, 5.74) is 6.45. The van der Waals surface area contributed by atoms with E-state index in [0.717, 1.165) is 6.07 Å². The van der Waals surface area contributed by atoms with E-state index < -0.39 is 29.5 Å². The van der Waals surface area contributed by atoms with Crippen LogP contribution in [0.1, 0.15) is 20.7 Å². The highest BCUT2D eigenvalue weighted by Crippen LogP contribution is 2.45. The number of nitrogens with two attached hydrogens (primary N) is 1. The number of fused-ring (bicyclic) bond motifs is 1. The number of hydrogen-bond donors (Lipinski definition) is 4. The molecule has 3 aromatic carbocycles. The predicted molar refractivity (Wildman–Crippen MR) is 123 cm³/mol. The molecule has 1 heterocycles. The van der Waals surface area contributed by atoms with E-state index in [9.17, 15) is 19.1 Å². The highest BCUT2D eigenvalue weighted by molar-refractivity contribution is 6.39. The number of nitrogens with zero attached hydrogens (tertiary/aromatic N) is 1. The molecule has 1 unspecified atom stereocenters. The molecular formula is C21H14Cl3FN4O3. The fourth-order valence-electron chi connectivity index (χ4n) is 3.39. The van der Waals surface area contributed by atoms with Crippen LogP contribution in [0.25, 0.3) is 0 Å². The van der Waals surface area contributed by atoms with Crippen LogP contribution in [0.2, 0.25) is 15.1 Å². The molecule has 0 saturated carbocycles. The lowest BCUT2D eigenvalue weighted by molar-refractivity contribution is 0.0691. The Morgan fingerprint density at radius 3 is 2.31 bits per heavy atom. The van der Waals surface area contributed by atoms with Gasteiger partial charge in [-0.05, 0) is 36.4 Å². The van der Waals surface area contributed by atoms with Crippen molar-refractivity contribution in [3.05, 3.63) is 80.5 Å². The molecule has 4 rings (SSSR count). The summed E-state index contributed by atoms with van der Waals surface area (Å²) in [6.45, 7) is 0. The van der Waals surface area contributed by atoms with Crippen LogP contribution < -0.4 is 21.3 Å². The Balaban J connectivity index is 1.85. The Kier molecular flexibility index (Phi) is 5.77. The molecule has 3 aromatic rings. The molecule has 0 aromatic heterocycles. The Morgan fingerprint density at radius 2 is 1.72 bits per heavy atom. The summed E-state index contributed by atoms with van der Waals surface area (Å²) >= 11 is 19.0. The summed E-state index contributed by atoms with van der Waals surface area (Å²) in [4.78, 5) is 24.5. The Bertz CT molecular complexity index is 1250. The molecule has 7 nitrogen and oxygen atoms in total. The second-order valence-electron chi connectivity index (χ2n) is 6.84. The molecule has 11 heteroatoms. The maximum absolute atomic E-state index is 14.5. The van der Waals surface area contributed by atoms with Crippen LogP contribution in [0.3, 0.4) is 0 Å². The number of para-hydroxylation sites is 1. The number of rotatable bonds is 5. The van der Waals surface area contributed by atoms with Crippen LogP contribution in [0, 0.1) is 5.82 Å². The lowest BCUT2D eigenvalue weighted by Gasteiger charge is -2.29. The largest absolute Gasteiger partial charge is 0.478 e. The van der Waals surface area contributed by atoms with Crippen molar-refractivity contribution in [2.24, 2.45) is 5.73 Å². The Morgan fingerprint density at radius 1 is 1.03 bits per heavy atom. The number of halogens is 4. The topological polar surface area (TPSA) is 108 Å². The first-order valence-corrected chi connectivity index (χ1v) is 10.2. The predicted octanol–water partition coefficient (Wildman–Crippen LogP) is 5.54. The zero-order chi connectivity index (χ0) is 23.2. The van der Waals surface area contributed by atoms with Crippen molar-refractivity contribution >= 4 is 69.4 Å². The van der Waals surface area contributed by atoms with Crippen molar-refractivity contribution < 1.29 is 19.1 Å². The van der Waals surface area contributed by atoms with E-state index >= 15 is 0 Å². The molecule has 1 amide bonds. The fourth-order valence-corrected chi connectivity index (χ4v) is 4.17. The maximum atomic E-state index is 14.5. The lowest BCUT2D eigenvalue weighted by atomic mass is 10.1. The highest BCUT2D eigenvalue weighted by Gasteiger charge is 2.34. The molecule has 0 spiro atoms. The van der Waals surface area contributed by atoms with E-state index in [-0.39, 0.29) is 10.6 Å². The number of nitrogens with one attached hydrogen (secondary N) is 2. The van der Waals surface area contributed by atoms with E-state index in [1.807, 2.05) is 0 Å². The van der Waals surface area contributed by atoms with Gasteiger partial charge in [0.25, 0.3) is 0 Å². The summed E-state index contributed by atoms with van der Waals surface area (Å²) in [6, 6.07) is 11.6. The average molecular weight is 496 g/mol. The van der Waals surface area contributed by atoms with Gasteiger partial charge in [0.05, 0.1) is 43.4 Å². The molecule has 0 bridgehead atoms. The van der Waals surface area contributed by atoms with Crippen LogP contribution in [0.4, 0.5) is 27.1 Å². The molecule has 1 aliphatic heterocycles. The van der Waals surface area contributed by atoms with Gasteiger partial charge in [0.15, 0.2) is 6.29 Å². The Hall–Kier alpha value is -3.20. The molecule has 0 aliphatic carbocycles. The second kappa shape index (κ2) is 8.38. The molecular weight excluding hydrogens is 482 g/mol. The van der Waals surface area contributed by atoms with Crippen molar-refractivity contribution in [3.63, 3.8) is 0 Å². The normalized spacial score (nSPS) is 14.6. The summed E-state index contributed by atoms with van der Waals surface area (Å²) in [5, 5.41) is 16.3. The van der Waals surface area contributed by atoms with Gasteiger partial charge < -0.3 is 21.5 Å². The number of amides is 1. The van der Waals surface area contributed by atoms with E-state index in [4.69, 9.17) is 40.5 Å². The summed E-state index contributed by atoms with van der Waals surface area (Å²) < 4.78 is 14.5. The standard InChI is InChI=1S/C21H14Cl3FN4O3/c22-11-2-1-3-12(23)18(11)28-21-27-15-7-10(20(31)32)14(25)8-17(15)29(21)16-5-4-9(19(26)30)6-13(16)24/h1-8,21,27-28H,(H2,26,30)(H,31,32). The molecule has 0 saturated heterocycles. The van der Waals surface area contributed by atoms with Gasteiger partial charge in [-0.15, -0.1) is 0 Å². The van der Waals surface area contributed by atoms with Gasteiger partial charge in [0.2, 0.25) is 5.91 Å². The molecule has 0 radical (unpaired) electrons. The fraction of sp³-hybridized carbons (Fsp3) is 0.0476. The number of hydrogen-bond acceptors (Lipinski definition) is 5. The van der Waals surface area contributed by atoms with Gasteiger partial charge in [0, 0.05) is 11.6 Å². The maximum Gasteiger partial charge on any atom is 0.338 e. The summed E-state index contributed by atoms with van der Waals surface area (Å²) in [7, 11) is 0. The van der Waals surface area contributed by atoms with Crippen molar-refractivity contribution in [1.29, 1.82) is 0 Å². The number of carbonyl (C=O) groups excluding carboxylic acids is 1. The average Bonchev–Trinajstić information content (AvgIpc) is 3.06. The molecule has 1 atom stereocenters. The minimum absolute atomic E-state index is 0.163. The Labute approximate surface area is 196 Å². The third kappa shape index (κ3) is 3.88. The van der Waals surface area contributed by atoms with Crippen molar-refractivity contribution in [1.82, 2.24) is 0 Å². The van der Waals surface area contributed by atoms with Gasteiger partial charge in [-0.1, -0.05) is 40.9 Å². The van der Waals surface area contributed by atoms with Gasteiger partial charge in [-0.3, -0.25) is 9.69 Å². The summed E-state index contributed by atoms with van der Waals surface area (Å²) in [5.74, 6) is -2.99. The number of primary amides is 1. The number of benzene rings is 3. The molecule has 0 fully saturated rings. The van der Waals surface area contributed by atoms with Gasteiger partial charge >= 0.3 is 5.97 Å². The smallest absolute Gasteiger partial charge is 0.338 e. The van der Waals surface area contributed by atoms with Gasteiger partial charge in [0.1, 0.15) is 5.82 Å². The summed E-state index contributed by atoms with van der Waals surface area (Å²) in [6.07, 6.45) is -0.789. The van der Waals surface area contributed by atoms with Crippen LogP contribution in [0.15, 0.2) is 48.5 Å². The molecule has 164 valence electrons. The minimum Gasteiger partial charge on any atom is -0.478 e. The molecule has 5 N–H and O–H groups in total. The highest BCUT2D eigenvalue weighted by atomic mass is 35.5. The van der Waals surface area contributed by atoms with Gasteiger partial charge in [-0.2, -0.15) is 0 Å². The van der Waals surface area contributed by atoms with Crippen molar-refractivity contribution in [2.45, 2.75) is 6.29 Å². The van der Waals surface area contributed by atoms with Crippen LogP contribution >= 0.6 is 34.8 Å². The zero-order valence-electron chi connectivity index (χ0n) is 16.0. The number of carboxylic acid groups (broad SMARTS) is 1. The number of carboxylic acids is 1. The van der Waals surface area contributed by atoms with Crippen molar-refractivity contribution in [2.75, 3.05) is 15.5 Å². The van der Waals surface area contributed by atoms with Gasteiger partial charge in [-0.25, -0.2) is 9.18 Å². The van der Waals surface area contributed by atoms with E-state index in [1.165, 1.54) is 18.2 Å². The van der Waals surface area contributed by atoms with Crippen LogP contribution in [-0.2, 0) is 0 Å². The first-order chi connectivity index (χ1) is 15.2. The first-order valence-electron chi connectivity index (χ1n) is 9.10. The minimum atomic E-state index is -1.41. The quantitative estimate of drug-likeness (QED) is 0.370. The second-order valence-corrected chi connectivity index (χ2v) is 8.06. The van der Waals surface area contributed by atoms with E-state index in [1.54, 1.807) is 29.2 Å². The lowest BCUT2D eigenvalue weighted by Crippen LogP contribution is -2.39. The molecule has 1 aliphatic rings. The monoisotopic (exact) mass is 494 g/mol.